The summed E-state index contributed by atoms with van der Waals surface area (Å²) in [6.45, 7) is 4.22. The van der Waals surface area contributed by atoms with Crippen molar-refractivity contribution in [1.82, 2.24) is 15.2 Å². The smallest absolute Gasteiger partial charge is 0.357 e. The zero-order chi connectivity index (χ0) is 22.7. The van der Waals surface area contributed by atoms with Crippen molar-refractivity contribution in [2.24, 2.45) is 0 Å². The normalized spacial score (nSPS) is 18.3. The molecular weight excluding hydrogens is 410 g/mol. The van der Waals surface area contributed by atoms with Crippen LogP contribution in [0.3, 0.4) is 0 Å². The molecule has 8 heteroatoms. The van der Waals surface area contributed by atoms with Gasteiger partial charge in [-0.25, -0.2) is 9.78 Å². The molecule has 2 heterocycles. The third kappa shape index (κ3) is 4.69. The molecule has 2 amide bonds. The van der Waals surface area contributed by atoms with Crippen molar-refractivity contribution in [2.75, 3.05) is 19.8 Å². The summed E-state index contributed by atoms with van der Waals surface area (Å²) in [6.07, 6.45) is 4.60. The molecule has 1 saturated carbocycles. The lowest BCUT2D eigenvalue weighted by atomic mass is 9.93. The van der Waals surface area contributed by atoms with E-state index in [-0.39, 0.29) is 36.8 Å². The van der Waals surface area contributed by atoms with Crippen LogP contribution in [-0.2, 0) is 14.3 Å². The maximum absolute atomic E-state index is 12.9. The second-order valence-electron chi connectivity index (χ2n) is 8.42. The molecule has 0 bridgehead atoms. The first-order chi connectivity index (χ1) is 15.5. The van der Waals surface area contributed by atoms with Crippen LogP contribution in [0.5, 0.6) is 5.75 Å². The molecular formula is C24H29N3O5. The molecule has 0 radical (unpaired) electrons. The third-order valence-corrected chi connectivity index (χ3v) is 6.09. The zero-order valence-electron chi connectivity index (χ0n) is 18.6. The summed E-state index contributed by atoms with van der Waals surface area (Å²) in [5, 5.41) is 3.75. The lowest BCUT2D eigenvalue weighted by Gasteiger charge is -2.30. The Kier molecular flexibility index (Phi) is 6.58. The summed E-state index contributed by atoms with van der Waals surface area (Å²) >= 11 is 0. The van der Waals surface area contributed by atoms with Gasteiger partial charge in [0.2, 0.25) is 5.91 Å². The molecule has 1 atom stereocenters. The van der Waals surface area contributed by atoms with Gasteiger partial charge in [0.05, 0.1) is 12.1 Å². The van der Waals surface area contributed by atoms with Gasteiger partial charge in [0, 0.05) is 24.0 Å². The van der Waals surface area contributed by atoms with E-state index in [1.165, 1.54) is 6.07 Å². The number of aryl methyl sites for hydroxylation is 1. The van der Waals surface area contributed by atoms with Crippen molar-refractivity contribution in [3.8, 4) is 5.75 Å². The first-order valence-corrected chi connectivity index (χ1v) is 11.3. The Morgan fingerprint density at radius 1 is 1.16 bits per heavy atom. The van der Waals surface area contributed by atoms with E-state index in [9.17, 15) is 14.4 Å². The summed E-state index contributed by atoms with van der Waals surface area (Å²) < 4.78 is 11.0. The summed E-state index contributed by atoms with van der Waals surface area (Å²) in [5.74, 6) is -0.471. The van der Waals surface area contributed by atoms with Crippen LogP contribution < -0.4 is 10.1 Å². The SMILES string of the molecule is CCOC(=O)c1cc(OCC(=O)N2CCCC2C(=O)NC2CCC2)c2ccc(C)cc2n1. The molecule has 1 aromatic carbocycles. The number of carbonyl (C=O) groups excluding carboxylic acids is 3. The van der Waals surface area contributed by atoms with E-state index in [1.54, 1.807) is 11.8 Å². The van der Waals surface area contributed by atoms with Crippen molar-refractivity contribution in [3.05, 3.63) is 35.5 Å². The summed E-state index contributed by atoms with van der Waals surface area (Å²) in [5.41, 5.74) is 1.72. The topological polar surface area (TPSA) is 97.8 Å². The van der Waals surface area contributed by atoms with Gasteiger partial charge >= 0.3 is 5.97 Å². The molecule has 1 aliphatic heterocycles. The third-order valence-electron chi connectivity index (χ3n) is 6.09. The van der Waals surface area contributed by atoms with E-state index in [1.807, 2.05) is 25.1 Å². The molecule has 170 valence electrons. The number of rotatable bonds is 7. The van der Waals surface area contributed by atoms with Crippen LogP contribution in [-0.4, -0.2) is 59.5 Å². The van der Waals surface area contributed by atoms with Crippen LogP contribution in [0.2, 0.25) is 0 Å². The predicted octanol–water partition coefficient (Wildman–Crippen LogP) is 2.76. The van der Waals surface area contributed by atoms with Gasteiger partial charge in [-0.2, -0.15) is 0 Å². The summed E-state index contributed by atoms with van der Waals surface area (Å²) in [6, 6.07) is 6.94. The molecule has 1 aliphatic carbocycles. The van der Waals surface area contributed by atoms with Crippen molar-refractivity contribution >= 4 is 28.7 Å². The van der Waals surface area contributed by atoms with Gasteiger partial charge in [0.1, 0.15) is 11.8 Å². The molecule has 0 spiro atoms. The Bertz CT molecular complexity index is 1030. The Morgan fingerprint density at radius 3 is 2.69 bits per heavy atom. The van der Waals surface area contributed by atoms with E-state index >= 15 is 0 Å². The number of likely N-dealkylation sites (tertiary alicyclic amines) is 1. The highest BCUT2D eigenvalue weighted by Gasteiger charge is 2.35. The molecule has 2 aliphatic rings. The Hall–Kier alpha value is -3.16. The molecule has 4 rings (SSSR count). The van der Waals surface area contributed by atoms with Gasteiger partial charge in [-0.15, -0.1) is 0 Å². The van der Waals surface area contributed by atoms with Gasteiger partial charge in [-0.1, -0.05) is 6.07 Å². The van der Waals surface area contributed by atoms with Crippen molar-refractivity contribution in [3.63, 3.8) is 0 Å². The largest absolute Gasteiger partial charge is 0.483 e. The number of fused-ring (bicyclic) bond motifs is 1. The van der Waals surface area contributed by atoms with Gasteiger partial charge < -0.3 is 19.7 Å². The lowest BCUT2D eigenvalue weighted by molar-refractivity contribution is -0.140. The van der Waals surface area contributed by atoms with Crippen molar-refractivity contribution < 1.29 is 23.9 Å². The van der Waals surface area contributed by atoms with Crippen molar-refractivity contribution in [2.45, 2.75) is 58.0 Å². The molecule has 2 aromatic rings. The zero-order valence-corrected chi connectivity index (χ0v) is 18.6. The number of pyridine rings is 1. The number of ether oxygens (including phenoxy) is 2. The number of esters is 1. The predicted molar refractivity (Wildman–Crippen MR) is 118 cm³/mol. The highest BCUT2D eigenvalue weighted by Crippen LogP contribution is 2.27. The number of nitrogens with zero attached hydrogens (tertiary/aromatic N) is 2. The minimum Gasteiger partial charge on any atom is -0.483 e. The maximum atomic E-state index is 12.9. The van der Waals surface area contributed by atoms with Gasteiger partial charge in [-0.05, 0) is 63.6 Å². The van der Waals surface area contributed by atoms with Crippen LogP contribution >= 0.6 is 0 Å². The van der Waals surface area contributed by atoms with E-state index in [2.05, 4.69) is 10.3 Å². The molecule has 8 nitrogen and oxygen atoms in total. The fraction of sp³-hybridized carbons (Fsp3) is 0.500. The molecule has 2 fully saturated rings. The average molecular weight is 440 g/mol. The average Bonchev–Trinajstić information content (AvgIpc) is 3.24. The quantitative estimate of drug-likeness (QED) is 0.667. The van der Waals surface area contributed by atoms with Crippen LogP contribution in [0.25, 0.3) is 10.9 Å². The van der Waals surface area contributed by atoms with E-state index in [0.717, 1.165) is 31.2 Å². The number of hydrogen-bond donors (Lipinski definition) is 1. The van der Waals surface area contributed by atoms with Crippen LogP contribution in [0.1, 0.15) is 55.1 Å². The minimum absolute atomic E-state index is 0.0741. The Morgan fingerprint density at radius 2 is 1.97 bits per heavy atom. The fourth-order valence-corrected chi connectivity index (χ4v) is 4.15. The molecule has 1 aromatic heterocycles. The number of hydrogen-bond acceptors (Lipinski definition) is 6. The minimum atomic E-state index is -0.542. The maximum Gasteiger partial charge on any atom is 0.357 e. The second kappa shape index (κ2) is 9.54. The van der Waals surface area contributed by atoms with Gasteiger partial charge in [-0.3, -0.25) is 9.59 Å². The Balaban J connectivity index is 1.49. The Labute approximate surface area is 187 Å². The van der Waals surface area contributed by atoms with Gasteiger partial charge in [0.15, 0.2) is 12.3 Å². The van der Waals surface area contributed by atoms with Gasteiger partial charge in [0.25, 0.3) is 5.91 Å². The van der Waals surface area contributed by atoms with E-state index < -0.39 is 12.0 Å². The van der Waals surface area contributed by atoms with Crippen LogP contribution in [0.4, 0.5) is 0 Å². The van der Waals surface area contributed by atoms with Crippen LogP contribution in [0.15, 0.2) is 24.3 Å². The number of benzene rings is 1. The number of aromatic nitrogens is 1. The lowest BCUT2D eigenvalue weighted by Crippen LogP contribution is -2.51. The summed E-state index contributed by atoms with van der Waals surface area (Å²) in [7, 11) is 0. The molecule has 1 N–H and O–H groups in total. The fourth-order valence-electron chi connectivity index (χ4n) is 4.15. The first-order valence-electron chi connectivity index (χ1n) is 11.3. The molecule has 32 heavy (non-hydrogen) atoms. The van der Waals surface area contributed by atoms with Crippen LogP contribution in [0, 0.1) is 6.92 Å². The molecule has 1 unspecified atom stereocenters. The van der Waals surface area contributed by atoms with Crippen molar-refractivity contribution in [1.29, 1.82) is 0 Å². The number of nitrogens with one attached hydrogen (secondary N) is 1. The number of amides is 2. The highest BCUT2D eigenvalue weighted by molar-refractivity contribution is 5.94. The first kappa shape index (κ1) is 22.0. The van der Waals surface area contributed by atoms with E-state index in [0.29, 0.717) is 29.6 Å². The standard InChI is InChI=1S/C24H29N3O5/c1-3-31-24(30)19-13-21(17-10-9-15(2)12-18(17)26-19)32-14-22(28)27-11-5-8-20(27)23(29)25-16-6-4-7-16/h9-10,12-13,16,20H,3-8,11,14H2,1-2H3,(H,25,29). The van der Waals surface area contributed by atoms with E-state index in [4.69, 9.17) is 9.47 Å². The number of carbonyl (C=O) groups is 3. The monoisotopic (exact) mass is 439 g/mol. The second-order valence-corrected chi connectivity index (χ2v) is 8.42. The molecule has 1 saturated heterocycles. The highest BCUT2D eigenvalue weighted by atomic mass is 16.5. The summed E-state index contributed by atoms with van der Waals surface area (Å²) in [4.78, 5) is 43.8.